The van der Waals surface area contributed by atoms with E-state index in [9.17, 15) is 9.59 Å². The van der Waals surface area contributed by atoms with Crippen molar-refractivity contribution in [2.45, 2.75) is 25.3 Å². The number of H-pyrrole nitrogens is 1. The molecule has 1 saturated carbocycles. The maximum atomic E-state index is 12.2. The molecule has 0 unspecified atom stereocenters. The molecule has 2 aromatic heterocycles. The van der Waals surface area contributed by atoms with E-state index in [2.05, 4.69) is 16.6 Å². The van der Waals surface area contributed by atoms with Crippen LogP contribution >= 0.6 is 23.2 Å². The molecule has 4 aromatic rings. The zero-order valence-corrected chi connectivity index (χ0v) is 20.5. The molecular formula is C23H19Cl2N7O3. The fourth-order valence-corrected chi connectivity index (χ4v) is 4.43. The highest BCUT2D eigenvalue weighted by atomic mass is 35.5. The van der Waals surface area contributed by atoms with Gasteiger partial charge in [0.05, 0.1) is 26.8 Å². The van der Waals surface area contributed by atoms with E-state index in [0.29, 0.717) is 5.75 Å². The first-order valence-corrected chi connectivity index (χ1v) is 11.4. The van der Waals surface area contributed by atoms with E-state index in [1.54, 1.807) is 12.1 Å². The predicted octanol–water partition coefficient (Wildman–Crippen LogP) is 3.82. The van der Waals surface area contributed by atoms with Gasteiger partial charge in [0.25, 0.3) is 5.56 Å². The van der Waals surface area contributed by atoms with Crippen LogP contribution in [-0.4, -0.2) is 38.4 Å². The summed E-state index contributed by atoms with van der Waals surface area (Å²) in [5.74, 6) is 1.56. The van der Waals surface area contributed by atoms with Crippen LogP contribution in [0.4, 0.5) is 5.95 Å². The van der Waals surface area contributed by atoms with Crippen molar-refractivity contribution in [3.63, 3.8) is 0 Å². The largest absolute Gasteiger partial charge is 0.454 e. The number of nitrogens with zero attached hydrogens (tertiary/aromatic N) is 6. The Balaban J connectivity index is 1.55. The van der Waals surface area contributed by atoms with Crippen LogP contribution in [0.25, 0.3) is 16.7 Å². The molecule has 0 amide bonds. The van der Waals surface area contributed by atoms with Crippen molar-refractivity contribution in [3.05, 3.63) is 66.9 Å². The number of aromatic amines is 1. The SMILES string of the molecule is CN(C)c1nc2ccc(Oc3c(Cl)cc(-n4nc(C#N)c(=O)[nH]c4=O)cc3Cl)cc2n1C1(C)CC1. The minimum absolute atomic E-state index is 0.00309. The van der Waals surface area contributed by atoms with E-state index in [4.69, 9.17) is 38.2 Å². The molecule has 10 nitrogen and oxygen atoms in total. The zero-order valence-electron chi connectivity index (χ0n) is 19.0. The molecule has 2 heterocycles. The van der Waals surface area contributed by atoms with Gasteiger partial charge in [-0.15, -0.1) is 5.10 Å². The highest BCUT2D eigenvalue weighted by Crippen LogP contribution is 2.48. The van der Waals surface area contributed by atoms with Crippen LogP contribution in [0.3, 0.4) is 0 Å². The standard InChI is InChI=1S/C23H19Cl2N7O3/c1-23(6-7-23)31-18-10-13(4-5-16(18)27-21(31)30(2)3)35-19-14(24)8-12(9-15(19)25)32-22(34)28-20(33)17(11-26)29-32/h4-5,8-10H,6-7H2,1-3H3,(H,28,33,34). The lowest BCUT2D eigenvalue weighted by atomic mass is 10.2. The normalized spacial score (nSPS) is 14.1. The van der Waals surface area contributed by atoms with Crippen LogP contribution in [-0.2, 0) is 5.54 Å². The molecule has 1 fully saturated rings. The molecule has 0 radical (unpaired) electrons. The number of hydrogen-bond acceptors (Lipinski definition) is 7. The maximum absolute atomic E-state index is 12.2. The van der Waals surface area contributed by atoms with Crippen molar-refractivity contribution >= 4 is 40.2 Å². The van der Waals surface area contributed by atoms with Crippen LogP contribution in [0.2, 0.25) is 10.0 Å². The summed E-state index contributed by atoms with van der Waals surface area (Å²) in [7, 11) is 3.92. The summed E-state index contributed by atoms with van der Waals surface area (Å²) in [4.78, 5) is 32.6. The molecule has 1 aliphatic rings. The number of aromatic nitrogens is 5. The fourth-order valence-electron chi connectivity index (χ4n) is 3.87. The number of nitriles is 1. The fraction of sp³-hybridized carbons (Fsp3) is 0.261. The third-order valence-corrected chi connectivity index (χ3v) is 6.46. The number of nitrogens with one attached hydrogen (secondary N) is 1. The molecule has 0 atom stereocenters. The van der Waals surface area contributed by atoms with Crippen molar-refractivity contribution in [3.8, 4) is 23.3 Å². The molecule has 12 heteroatoms. The van der Waals surface area contributed by atoms with Crippen molar-refractivity contribution in [2.75, 3.05) is 19.0 Å². The predicted molar refractivity (Wildman–Crippen MR) is 132 cm³/mol. The Hall–Kier alpha value is -3.81. The number of anilines is 1. The second kappa shape index (κ2) is 8.15. The molecule has 1 aliphatic carbocycles. The summed E-state index contributed by atoms with van der Waals surface area (Å²) in [5.41, 5.74) is -0.235. The van der Waals surface area contributed by atoms with Gasteiger partial charge in [-0.2, -0.15) is 9.94 Å². The molecule has 0 bridgehead atoms. The lowest BCUT2D eigenvalue weighted by Crippen LogP contribution is -2.33. The summed E-state index contributed by atoms with van der Waals surface area (Å²) in [6.07, 6.45) is 2.13. The third kappa shape index (κ3) is 3.92. The van der Waals surface area contributed by atoms with Gasteiger partial charge in [-0.05, 0) is 44.0 Å². The van der Waals surface area contributed by atoms with E-state index >= 15 is 0 Å². The van der Waals surface area contributed by atoms with Crippen molar-refractivity contribution in [2.24, 2.45) is 0 Å². The summed E-state index contributed by atoms with van der Waals surface area (Å²) in [6, 6.07) is 10.0. The van der Waals surface area contributed by atoms with Gasteiger partial charge in [-0.25, -0.2) is 9.78 Å². The molecule has 2 aromatic carbocycles. The van der Waals surface area contributed by atoms with Crippen LogP contribution in [0.5, 0.6) is 11.5 Å². The average Bonchev–Trinajstić information content (AvgIpc) is 3.41. The minimum Gasteiger partial charge on any atom is -0.454 e. The van der Waals surface area contributed by atoms with Crippen LogP contribution in [0, 0.1) is 11.3 Å². The maximum Gasteiger partial charge on any atom is 0.349 e. The number of ether oxygens (including phenoxy) is 1. The van der Waals surface area contributed by atoms with E-state index in [-0.39, 0.29) is 27.0 Å². The molecule has 0 saturated heterocycles. The number of rotatable bonds is 5. The summed E-state index contributed by atoms with van der Waals surface area (Å²) in [5, 5.41) is 13.1. The molecule has 1 N–H and O–H groups in total. The number of benzene rings is 2. The smallest absolute Gasteiger partial charge is 0.349 e. The number of imidazole rings is 1. The summed E-state index contributed by atoms with van der Waals surface area (Å²) in [6.45, 7) is 2.20. The molecule has 178 valence electrons. The van der Waals surface area contributed by atoms with Gasteiger partial charge in [-0.3, -0.25) is 9.78 Å². The number of halogens is 2. The second-order valence-corrected chi connectivity index (χ2v) is 9.58. The Morgan fingerprint density at radius 3 is 2.46 bits per heavy atom. The summed E-state index contributed by atoms with van der Waals surface area (Å²) < 4.78 is 9.12. The van der Waals surface area contributed by atoms with Gasteiger partial charge in [0.2, 0.25) is 11.6 Å². The summed E-state index contributed by atoms with van der Waals surface area (Å²) >= 11 is 12.9. The van der Waals surface area contributed by atoms with Gasteiger partial charge in [-0.1, -0.05) is 23.2 Å². The molecule has 35 heavy (non-hydrogen) atoms. The second-order valence-electron chi connectivity index (χ2n) is 8.76. The quantitative estimate of drug-likeness (QED) is 0.432. The van der Waals surface area contributed by atoms with E-state index < -0.39 is 16.9 Å². The Labute approximate surface area is 208 Å². The number of fused-ring (bicyclic) bond motifs is 1. The first kappa shape index (κ1) is 23.0. The van der Waals surface area contributed by atoms with Crippen molar-refractivity contribution in [1.29, 1.82) is 5.26 Å². The van der Waals surface area contributed by atoms with Crippen molar-refractivity contribution < 1.29 is 4.74 Å². The van der Waals surface area contributed by atoms with E-state index in [1.165, 1.54) is 12.1 Å². The van der Waals surface area contributed by atoms with Gasteiger partial charge in [0.1, 0.15) is 11.8 Å². The first-order valence-electron chi connectivity index (χ1n) is 10.6. The Morgan fingerprint density at radius 2 is 1.86 bits per heavy atom. The van der Waals surface area contributed by atoms with Gasteiger partial charge in [0, 0.05) is 25.7 Å². The first-order chi connectivity index (χ1) is 16.6. The average molecular weight is 512 g/mol. The molecule has 0 aliphatic heterocycles. The van der Waals surface area contributed by atoms with Crippen LogP contribution in [0.1, 0.15) is 25.5 Å². The van der Waals surface area contributed by atoms with Crippen LogP contribution < -0.4 is 20.9 Å². The topological polar surface area (TPSA) is 122 Å². The minimum atomic E-state index is -0.877. The lowest BCUT2D eigenvalue weighted by molar-refractivity contribution is 0.482. The lowest BCUT2D eigenvalue weighted by Gasteiger charge is -2.20. The monoisotopic (exact) mass is 511 g/mol. The van der Waals surface area contributed by atoms with Gasteiger partial charge in [0.15, 0.2) is 5.75 Å². The highest BCUT2D eigenvalue weighted by molar-refractivity contribution is 6.37. The molecule has 5 rings (SSSR count). The molecule has 0 spiro atoms. The highest BCUT2D eigenvalue weighted by Gasteiger charge is 2.42. The Morgan fingerprint density at radius 1 is 1.17 bits per heavy atom. The van der Waals surface area contributed by atoms with Gasteiger partial charge >= 0.3 is 5.69 Å². The number of hydrogen-bond donors (Lipinski definition) is 1. The van der Waals surface area contributed by atoms with Gasteiger partial charge < -0.3 is 14.2 Å². The van der Waals surface area contributed by atoms with Crippen LogP contribution in [0.15, 0.2) is 39.9 Å². The Bertz CT molecular complexity index is 1640. The van der Waals surface area contributed by atoms with E-state index in [0.717, 1.165) is 34.5 Å². The Kier molecular flexibility index (Phi) is 5.34. The zero-order chi connectivity index (χ0) is 25.1. The van der Waals surface area contributed by atoms with Crippen molar-refractivity contribution in [1.82, 2.24) is 24.3 Å². The third-order valence-electron chi connectivity index (χ3n) is 5.90. The van der Waals surface area contributed by atoms with E-state index in [1.807, 2.05) is 36.1 Å². The molecular weight excluding hydrogens is 493 g/mol.